The third kappa shape index (κ3) is 3.50. The summed E-state index contributed by atoms with van der Waals surface area (Å²) in [6.07, 6.45) is 4.59. The van der Waals surface area contributed by atoms with Crippen LogP contribution in [0.5, 0.6) is 0 Å². The zero-order valence-electron chi connectivity index (χ0n) is 11.9. The van der Waals surface area contributed by atoms with E-state index in [0.717, 1.165) is 19.0 Å². The van der Waals surface area contributed by atoms with Gasteiger partial charge in [-0.2, -0.15) is 5.10 Å². The Bertz CT molecular complexity index is 648. The summed E-state index contributed by atoms with van der Waals surface area (Å²) in [6, 6.07) is 6.94. The zero-order valence-corrected chi connectivity index (χ0v) is 11.9. The standard InChI is InChI=1S/C15H16N4O3/c20-15(12-3-5-16-6-4-12)18-17-11-13-1-2-14(22-13)19-7-9-21-10-8-19/h1-6,11H,7-10H2,(H,18,20)/b17-11-. The van der Waals surface area contributed by atoms with Crippen molar-refractivity contribution in [1.82, 2.24) is 10.4 Å². The molecule has 1 aliphatic heterocycles. The predicted molar refractivity (Wildman–Crippen MR) is 81.0 cm³/mol. The lowest BCUT2D eigenvalue weighted by Gasteiger charge is -2.26. The molecule has 3 rings (SSSR count). The second-order valence-corrected chi connectivity index (χ2v) is 4.71. The average Bonchev–Trinajstić information content (AvgIpc) is 3.05. The number of nitrogens with one attached hydrogen (secondary N) is 1. The lowest BCUT2D eigenvalue weighted by atomic mass is 10.3. The van der Waals surface area contributed by atoms with E-state index in [1.165, 1.54) is 6.21 Å². The highest BCUT2D eigenvalue weighted by Crippen LogP contribution is 2.18. The first-order chi connectivity index (χ1) is 10.8. The van der Waals surface area contributed by atoms with E-state index in [1.807, 2.05) is 12.1 Å². The molecule has 0 unspecified atom stereocenters. The average molecular weight is 300 g/mol. The number of amides is 1. The molecule has 2 aromatic rings. The SMILES string of the molecule is O=C(N/N=C\c1ccc(N2CCOCC2)o1)c1ccncc1. The molecular formula is C15H16N4O3. The summed E-state index contributed by atoms with van der Waals surface area (Å²) in [5, 5.41) is 3.89. The van der Waals surface area contributed by atoms with Crippen molar-refractivity contribution in [3.8, 4) is 0 Å². The molecule has 0 saturated carbocycles. The number of ether oxygens (including phenoxy) is 1. The number of morpholine rings is 1. The number of rotatable bonds is 4. The normalized spacial score (nSPS) is 15.2. The summed E-state index contributed by atoms with van der Waals surface area (Å²) in [7, 11) is 0. The van der Waals surface area contributed by atoms with Crippen LogP contribution in [0.15, 0.2) is 46.2 Å². The first kappa shape index (κ1) is 14.3. The molecule has 0 bridgehead atoms. The Hall–Kier alpha value is -2.67. The second kappa shape index (κ2) is 6.86. The Labute approximate surface area is 127 Å². The number of hydrogen-bond donors (Lipinski definition) is 1. The van der Waals surface area contributed by atoms with Crippen LogP contribution in [0.4, 0.5) is 5.88 Å². The maximum absolute atomic E-state index is 11.8. The van der Waals surface area contributed by atoms with Gasteiger partial charge in [-0.15, -0.1) is 0 Å². The topological polar surface area (TPSA) is 80.0 Å². The van der Waals surface area contributed by atoms with Crippen molar-refractivity contribution in [3.63, 3.8) is 0 Å². The summed E-state index contributed by atoms with van der Waals surface area (Å²) in [4.78, 5) is 17.7. The second-order valence-electron chi connectivity index (χ2n) is 4.71. The Kier molecular flexibility index (Phi) is 4.45. The molecule has 0 aliphatic carbocycles. The number of nitrogens with zero attached hydrogens (tertiary/aromatic N) is 3. The van der Waals surface area contributed by atoms with E-state index < -0.39 is 0 Å². The van der Waals surface area contributed by atoms with Crippen molar-refractivity contribution in [1.29, 1.82) is 0 Å². The third-order valence-electron chi connectivity index (χ3n) is 3.24. The van der Waals surface area contributed by atoms with Crippen LogP contribution >= 0.6 is 0 Å². The highest BCUT2D eigenvalue weighted by Gasteiger charge is 2.14. The quantitative estimate of drug-likeness (QED) is 0.679. The number of hydrogen-bond acceptors (Lipinski definition) is 6. The van der Waals surface area contributed by atoms with Gasteiger partial charge in [-0.3, -0.25) is 9.78 Å². The third-order valence-corrected chi connectivity index (χ3v) is 3.24. The van der Waals surface area contributed by atoms with E-state index >= 15 is 0 Å². The molecule has 2 aromatic heterocycles. The number of furan rings is 1. The summed E-state index contributed by atoms with van der Waals surface area (Å²) >= 11 is 0. The lowest BCUT2D eigenvalue weighted by molar-refractivity contribution is 0.0955. The maximum Gasteiger partial charge on any atom is 0.271 e. The van der Waals surface area contributed by atoms with E-state index in [2.05, 4.69) is 20.4 Å². The molecule has 1 N–H and O–H groups in total. The van der Waals surface area contributed by atoms with E-state index in [-0.39, 0.29) is 5.91 Å². The van der Waals surface area contributed by atoms with Crippen molar-refractivity contribution >= 4 is 18.0 Å². The minimum absolute atomic E-state index is 0.293. The van der Waals surface area contributed by atoms with Gasteiger partial charge in [-0.05, 0) is 18.2 Å². The molecule has 114 valence electrons. The van der Waals surface area contributed by atoms with Gasteiger partial charge in [0.05, 0.1) is 19.4 Å². The first-order valence-corrected chi connectivity index (χ1v) is 6.99. The van der Waals surface area contributed by atoms with Crippen LogP contribution in [-0.2, 0) is 4.74 Å². The van der Waals surface area contributed by atoms with Gasteiger partial charge in [0.15, 0.2) is 5.88 Å². The maximum atomic E-state index is 11.8. The number of carbonyl (C=O) groups is 1. The molecular weight excluding hydrogens is 284 g/mol. The molecule has 0 atom stereocenters. The number of anilines is 1. The molecule has 1 amide bonds. The summed E-state index contributed by atoms with van der Waals surface area (Å²) in [6.45, 7) is 3.02. The van der Waals surface area contributed by atoms with Gasteiger partial charge in [0.2, 0.25) is 0 Å². The Balaban J connectivity index is 1.57. The fourth-order valence-corrected chi connectivity index (χ4v) is 2.09. The van der Waals surface area contributed by atoms with Gasteiger partial charge in [-0.25, -0.2) is 5.43 Å². The highest BCUT2D eigenvalue weighted by molar-refractivity contribution is 5.94. The molecule has 0 aromatic carbocycles. The van der Waals surface area contributed by atoms with Crippen LogP contribution in [-0.4, -0.2) is 43.4 Å². The summed E-state index contributed by atoms with van der Waals surface area (Å²) in [5.41, 5.74) is 2.95. The van der Waals surface area contributed by atoms with Crippen molar-refractivity contribution < 1.29 is 13.9 Å². The van der Waals surface area contributed by atoms with Gasteiger partial charge >= 0.3 is 0 Å². The van der Waals surface area contributed by atoms with Crippen LogP contribution in [0.3, 0.4) is 0 Å². The fourth-order valence-electron chi connectivity index (χ4n) is 2.09. The lowest BCUT2D eigenvalue weighted by Crippen LogP contribution is -2.35. The smallest absolute Gasteiger partial charge is 0.271 e. The summed E-state index contributed by atoms with van der Waals surface area (Å²) < 4.78 is 11.0. The Morgan fingerprint density at radius 3 is 2.77 bits per heavy atom. The van der Waals surface area contributed by atoms with Crippen LogP contribution in [0.2, 0.25) is 0 Å². The Morgan fingerprint density at radius 1 is 1.23 bits per heavy atom. The molecule has 1 saturated heterocycles. The van der Waals surface area contributed by atoms with Crippen LogP contribution in [0.25, 0.3) is 0 Å². The largest absolute Gasteiger partial charge is 0.440 e. The van der Waals surface area contributed by atoms with Crippen molar-refractivity contribution in [3.05, 3.63) is 48.0 Å². The molecule has 1 aliphatic rings. The molecule has 7 nitrogen and oxygen atoms in total. The van der Waals surface area contributed by atoms with Gasteiger partial charge in [0, 0.05) is 37.1 Å². The van der Waals surface area contributed by atoms with E-state index in [1.54, 1.807) is 24.5 Å². The monoisotopic (exact) mass is 300 g/mol. The highest BCUT2D eigenvalue weighted by atomic mass is 16.5. The molecule has 7 heteroatoms. The molecule has 22 heavy (non-hydrogen) atoms. The van der Waals surface area contributed by atoms with Crippen LogP contribution in [0.1, 0.15) is 16.1 Å². The minimum Gasteiger partial charge on any atom is -0.440 e. The number of aromatic nitrogens is 1. The van der Waals surface area contributed by atoms with Crippen molar-refractivity contribution in [2.45, 2.75) is 0 Å². The van der Waals surface area contributed by atoms with E-state index in [9.17, 15) is 4.79 Å². The van der Waals surface area contributed by atoms with Gasteiger partial charge in [-0.1, -0.05) is 0 Å². The van der Waals surface area contributed by atoms with E-state index in [4.69, 9.17) is 9.15 Å². The number of hydrazone groups is 1. The van der Waals surface area contributed by atoms with Crippen molar-refractivity contribution in [2.24, 2.45) is 5.10 Å². The van der Waals surface area contributed by atoms with Crippen molar-refractivity contribution in [2.75, 3.05) is 31.2 Å². The minimum atomic E-state index is -0.293. The molecule has 3 heterocycles. The van der Waals surface area contributed by atoms with Gasteiger partial charge < -0.3 is 14.1 Å². The fraction of sp³-hybridized carbons (Fsp3) is 0.267. The molecule has 1 fully saturated rings. The van der Waals surface area contributed by atoms with Gasteiger partial charge in [0.25, 0.3) is 5.91 Å². The van der Waals surface area contributed by atoms with Gasteiger partial charge in [0.1, 0.15) is 5.76 Å². The zero-order chi connectivity index (χ0) is 15.2. The summed E-state index contributed by atoms with van der Waals surface area (Å²) in [5.74, 6) is 1.07. The first-order valence-electron chi connectivity index (χ1n) is 6.99. The number of carbonyl (C=O) groups excluding carboxylic acids is 1. The molecule has 0 spiro atoms. The van der Waals surface area contributed by atoms with E-state index in [0.29, 0.717) is 24.5 Å². The predicted octanol–water partition coefficient (Wildman–Crippen LogP) is 1.28. The van der Waals surface area contributed by atoms with Crippen LogP contribution in [0, 0.1) is 0 Å². The Morgan fingerprint density at radius 2 is 2.00 bits per heavy atom. The van der Waals surface area contributed by atoms with Crippen LogP contribution < -0.4 is 10.3 Å². The number of pyridine rings is 1. The molecule has 0 radical (unpaired) electrons.